The van der Waals surface area contributed by atoms with Gasteiger partial charge < -0.3 is 20.1 Å². The molecule has 2 atom stereocenters. The first-order chi connectivity index (χ1) is 15.3. The molecule has 2 aromatic carbocycles. The van der Waals surface area contributed by atoms with Gasteiger partial charge in [-0.1, -0.05) is 18.2 Å². The molecule has 32 heavy (non-hydrogen) atoms. The second-order valence-electron chi connectivity index (χ2n) is 7.71. The Kier molecular flexibility index (Phi) is 6.07. The summed E-state index contributed by atoms with van der Waals surface area (Å²) in [4.78, 5) is 24.8. The van der Waals surface area contributed by atoms with E-state index in [1.165, 1.54) is 22.5 Å². The largest absolute Gasteiger partial charge is 0.496 e. The van der Waals surface area contributed by atoms with Crippen LogP contribution in [0.25, 0.3) is 0 Å². The third-order valence-electron chi connectivity index (χ3n) is 5.64. The molecule has 2 aliphatic heterocycles. The maximum absolute atomic E-state index is 13.3. The first-order valence-corrected chi connectivity index (χ1v) is 11.8. The average molecular weight is 460 g/mol. The molecular weight excluding hydrogens is 434 g/mol. The molecule has 0 bridgehead atoms. The summed E-state index contributed by atoms with van der Waals surface area (Å²) < 4.78 is 38.7. The Morgan fingerprint density at radius 3 is 2.84 bits per heavy atom. The van der Waals surface area contributed by atoms with E-state index in [1.807, 2.05) is 18.2 Å². The molecule has 1 fully saturated rings. The zero-order chi connectivity index (χ0) is 22.9. The number of amides is 2. The van der Waals surface area contributed by atoms with Crippen molar-refractivity contribution in [2.75, 3.05) is 19.0 Å². The molecule has 2 heterocycles. The van der Waals surface area contributed by atoms with E-state index in [0.717, 1.165) is 5.56 Å². The van der Waals surface area contributed by atoms with Gasteiger partial charge in [0.15, 0.2) is 6.10 Å². The number of para-hydroxylation sites is 1. The van der Waals surface area contributed by atoms with Gasteiger partial charge in [0.1, 0.15) is 17.5 Å². The standard InChI is InChI=1S/C22H25N3O6S/c1-14-21(26)24-17-12-16(9-10-20(17)31-14)32(28,29)25-11-5-7-18(25)22(27)23-13-15-6-3-4-8-19(15)30-2/h3-4,6,8-10,12,14,18H,5,7,11,13H2,1-2H3,(H,23,27)(H,24,26)/t14-,18+/m0/s1. The Morgan fingerprint density at radius 1 is 1.28 bits per heavy atom. The van der Waals surface area contributed by atoms with Crippen LogP contribution >= 0.6 is 0 Å². The van der Waals surface area contributed by atoms with Gasteiger partial charge in [0.2, 0.25) is 15.9 Å². The van der Waals surface area contributed by atoms with Crippen molar-refractivity contribution in [1.29, 1.82) is 0 Å². The van der Waals surface area contributed by atoms with Crippen molar-refractivity contribution in [3.05, 3.63) is 48.0 Å². The van der Waals surface area contributed by atoms with Crippen LogP contribution in [0.15, 0.2) is 47.4 Å². The lowest BCUT2D eigenvalue weighted by atomic mass is 10.2. The summed E-state index contributed by atoms with van der Waals surface area (Å²) in [5.41, 5.74) is 1.10. The minimum absolute atomic E-state index is 0.000804. The molecule has 9 nitrogen and oxygen atoms in total. The second-order valence-corrected chi connectivity index (χ2v) is 9.60. The summed E-state index contributed by atoms with van der Waals surface area (Å²) in [6, 6.07) is 10.8. The Hall–Kier alpha value is -3.11. The number of anilines is 1. The number of benzene rings is 2. The number of nitrogens with one attached hydrogen (secondary N) is 2. The highest BCUT2D eigenvalue weighted by atomic mass is 32.2. The molecule has 2 aromatic rings. The van der Waals surface area contributed by atoms with Crippen LogP contribution in [0, 0.1) is 0 Å². The summed E-state index contributed by atoms with van der Waals surface area (Å²) in [5.74, 6) is 0.349. The van der Waals surface area contributed by atoms with Crippen molar-refractivity contribution in [3.8, 4) is 11.5 Å². The van der Waals surface area contributed by atoms with Crippen LogP contribution in [0.3, 0.4) is 0 Å². The SMILES string of the molecule is COc1ccccc1CNC(=O)[C@H]1CCCN1S(=O)(=O)c1ccc2c(c1)NC(=O)[C@H](C)O2. The zero-order valence-corrected chi connectivity index (χ0v) is 18.6. The van der Waals surface area contributed by atoms with E-state index < -0.39 is 22.2 Å². The van der Waals surface area contributed by atoms with Gasteiger partial charge in [0, 0.05) is 18.7 Å². The molecule has 0 aliphatic carbocycles. The highest BCUT2D eigenvalue weighted by Gasteiger charge is 2.40. The van der Waals surface area contributed by atoms with Crippen molar-refractivity contribution in [2.45, 2.75) is 43.4 Å². The number of rotatable bonds is 6. The topological polar surface area (TPSA) is 114 Å². The van der Waals surface area contributed by atoms with Gasteiger partial charge in [0.25, 0.3) is 5.91 Å². The number of carbonyl (C=O) groups is 2. The first kappa shape index (κ1) is 22.1. The average Bonchev–Trinajstić information content (AvgIpc) is 3.29. The number of hydrogen-bond donors (Lipinski definition) is 2. The van der Waals surface area contributed by atoms with Crippen molar-refractivity contribution in [1.82, 2.24) is 9.62 Å². The van der Waals surface area contributed by atoms with Crippen molar-refractivity contribution >= 4 is 27.5 Å². The van der Waals surface area contributed by atoms with E-state index in [9.17, 15) is 18.0 Å². The van der Waals surface area contributed by atoms with Crippen LogP contribution in [-0.4, -0.2) is 50.3 Å². The van der Waals surface area contributed by atoms with Gasteiger partial charge in [-0.15, -0.1) is 0 Å². The zero-order valence-electron chi connectivity index (χ0n) is 17.8. The highest BCUT2D eigenvalue weighted by molar-refractivity contribution is 7.89. The van der Waals surface area contributed by atoms with Crippen LogP contribution in [0.5, 0.6) is 11.5 Å². The molecular formula is C22H25N3O6S. The van der Waals surface area contributed by atoms with Crippen molar-refractivity contribution in [2.24, 2.45) is 0 Å². The molecule has 4 rings (SSSR count). The number of carbonyl (C=O) groups excluding carboxylic acids is 2. The monoisotopic (exact) mass is 459 g/mol. The van der Waals surface area contributed by atoms with E-state index in [2.05, 4.69) is 10.6 Å². The maximum Gasteiger partial charge on any atom is 0.265 e. The van der Waals surface area contributed by atoms with E-state index in [4.69, 9.17) is 9.47 Å². The number of ether oxygens (including phenoxy) is 2. The summed E-state index contributed by atoms with van der Waals surface area (Å²) in [6.07, 6.45) is 0.355. The normalized spacial score (nSPS) is 20.8. The molecule has 1 saturated heterocycles. The number of nitrogens with zero attached hydrogens (tertiary/aromatic N) is 1. The van der Waals surface area contributed by atoms with Gasteiger partial charge in [-0.25, -0.2) is 8.42 Å². The molecule has 2 amide bonds. The molecule has 0 saturated carbocycles. The van der Waals surface area contributed by atoms with Gasteiger partial charge in [-0.2, -0.15) is 4.31 Å². The Labute approximate surface area is 186 Å². The lowest BCUT2D eigenvalue weighted by Gasteiger charge is -2.26. The molecule has 2 N–H and O–H groups in total. The third-order valence-corrected chi connectivity index (χ3v) is 7.54. The lowest BCUT2D eigenvalue weighted by molar-refractivity contribution is -0.124. The van der Waals surface area contributed by atoms with Gasteiger partial charge >= 0.3 is 0 Å². The van der Waals surface area contributed by atoms with Crippen LogP contribution in [0.4, 0.5) is 5.69 Å². The molecule has 170 valence electrons. The number of sulfonamides is 1. The Morgan fingerprint density at radius 2 is 2.06 bits per heavy atom. The van der Waals surface area contributed by atoms with Gasteiger partial charge in [0.05, 0.1) is 17.7 Å². The Balaban J connectivity index is 1.51. The molecule has 0 radical (unpaired) electrons. The molecule has 10 heteroatoms. The second kappa shape index (κ2) is 8.79. The van der Waals surface area contributed by atoms with Crippen molar-refractivity contribution < 1.29 is 27.5 Å². The van der Waals surface area contributed by atoms with Crippen LogP contribution in [0.2, 0.25) is 0 Å². The number of methoxy groups -OCH3 is 1. The quantitative estimate of drug-likeness (QED) is 0.682. The number of fused-ring (bicyclic) bond motifs is 1. The molecule has 2 aliphatic rings. The van der Waals surface area contributed by atoms with Gasteiger partial charge in [-0.3, -0.25) is 9.59 Å². The minimum Gasteiger partial charge on any atom is -0.496 e. The summed E-state index contributed by atoms with van der Waals surface area (Å²) in [7, 11) is -2.40. The summed E-state index contributed by atoms with van der Waals surface area (Å²) in [6.45, 7) is 2.08. The smallest absolute Gasteiger partial charge is 0.265 e. The van der Waals surface area contributed by atoms with E-state index in [1.54, 1.807) is 20.1 Å². The predicted octanol–water partition coefficient (Wildman–Crippen LogP) is 1.88. The molecule has 0 unspecified atom stereocenters. The van der Waals surface area contributed by atoms with Crippen molar-refractivity contribution in [3.63, 3.8) is 0 Å². The van der Waals surface area contributed by atoms with E-state index in [0.29, 0.717) is 30.0 Å². The fourth-order valence-corrected chi connectivity index (χ4v) is 5.61. The Bertz CT molecular complexity index is 1150. The fourth-order valence-electron chi connectivity index (χ4n) is 3.92. The van der Waals surface area contributed by atoms with Gasteiger partial charge in [-0.05, 0) is 44.0 Å². The van der Waals surface area contributed by atoms with E-state index >= 15 is 0 Å². The molecule has 0 spiro atoms. The van der Waals surface area contributed by atoms with Crippen LogP contribution in [0.1, 0.15) is 25.3 Å². The summed E-state index contributed by atoms with van der Waals surface area (Å²) >= 11 is 0. The number of hydrogen-bond acceptors (Lipinski definition) is 6. The fraction of sp³-hybridized carbons (Fsp3) is 0.364. The van der Waals surface area contributed by atoms with E-state index in [-0.39, 0.29) is 29.8 Å². The first-order valence-electron chi connectivity index (χ1n) is 10.3. The predicted molar refractivity (Wildman–Crippen MR) is 117 cm³/mol. The third kappa shape index (κ3) is 4.15. The van der Waals surface area contributed by atoms with Crippen LogP contribution < -0.4 is 20.1 Å². The maximum atomic E-state index is 13.3. The summed E-state index contributed by atoms with van der Waals surface area (Å²) in [5, 5.41) is 5.49. The molecule has 0 aromatic heterocycles. The minimum atomic E-state index is -3.95. The van der Waals surface area contributed by atoms with Crippen LogP contribution in [-0.2, 0) is 26.2 Å². The lowest BCUT2D eigenvalue weighted by Crippen LogP contribution is -2.45. The highest BCUT2D eigenvalue weighted by Crippen LogP contribution is 2.34.